The van der Waals surface area contributed by atoms with Crippen LogP contribution in [0.5, 0.6) is 5.75 Å². The van der Waals surface area contributed by atoms with E-state index in [2.05, 4.69) is 40.8 Å². The van der Waals surface area contributed by atoms with Gasteiger partial charge in [0.25, 0.3) is 0 Å². The number of piperazine rings is 1. The van der Waals surface area contributed by atoms with E-state index in [1.54, 1.807) is 6.07 Å². The number of benzene rings is 1. The Hall–Kier alpha value is -1.52. The minimum Gasteiger partial charge on any atom is -0.506 e. The highest BCUT2D eigenvalue weighted by atomic mass is 16.3. The highest BCUT2D eigenvalue weighted by Gasteiger charge is 2.17. The molecule has 4 heteroatoms. The summed E-state index contributed by atoms with van der Waals surface area (Å²) < 4.78 is 2.27. The molecule has 0 radical (unpaired) electrons. The molecule has 1 aromatic heterocycles. The second kappa shape index (κ2) is 5.46. The molecule has 20 heavy (non-hydrogen) atoms. The van der Waals surface area contributed by atoms with Crippen molar-refractivity contribution in [1.29, 1.82) is 0 Å². The van der Waals surface area contributed by atoms with Crippen LogP contribution in [-0.2, 0) is 6.54 Å². The Morgan fingerprint density at radius 3 is 2.70 bits per heavy atom. The zero-order chi connectivity index (χ0) is 14.1. The molecule has 0 atom stereocenters. The molecule has 0 spiro atoms. The molecule has 2 heterocycles. The van der Waals surface area contributed by atoms with Crippen LogP contribution in [0, 0.1) is 0 Å². The second-order valence-electron chi connectivity index (χ2n) is 5.84. The first-order valence-electron chi connectivity index (χ1n) is 7.41. The molecule has 1 fully saturated rings. The number of rotatable bonds is 3. The average Bonchev–Trinajstić information content (AvgIpc) is 2.79. The number of phenols is 1. The number of aromatic hydroxyl groups is 1. The zero-order valence-corrected chi connectivity index (χ0v) is 12.3. The van der Waals surface area contributed by atoms with Gasteiger partial charge in [-0.3, -0.25) is 4.90 Å². The molecule has 1 aliphatic heterocycles. The molecule has 0 bridgehead atoms. The van der Waals surface area contributed by atoms with Gasteiger partial charge in [0.1, 0.15) is 5.75 Å². The van der Waals surface area contributed by atoms with Gasteiger partial charge >= 0.3 is 0 Å². The van der Waals surface area contributed by atoms with Crippen molar-refractivity contribution < 1.29 is 5.11 Å². The fraction of sp³-hybridized carbons (Fsp3) is 0.500. The monoisotopic (exact) mass is 273 g/mol. The van der Waals surface area contributed by atoms with E-state index in [9.17, 15) is 5.11 Å². The minimum absolute atomic E-state index is 0.346. The molecule has 0 saturated carbocycles. The van der Waals surface area contributed by atoms with E-state index in [4.69, 9.17) is 0 Å². The average molecular weight is 273 g/mol. The Balaban J connectivity index is 2.01. The van der Waals surface area contributed by atoms with Crippen molar-refractivity contribution in [1.82, 2.24) is 14.8 Å². The topological polar surface area (TPSA) is 40.4 Å². The van der Waals surface area contributed by atoms with Crippen molar-refractivity contribution in [2.75, 3.05) is 26.2 Å². The largest absolute Gasteiger partial charge is 0.506 e. The Labute approximate surface area is 120 Å². The van der Waals surface area contributed by atoms with Crippen molar-refractivity contribution >= 4 is 10.9 Å². The molecular formula is C16H23N3O. The maximum absolute atomic E-state index is 10.2. The van der Waals surface area contributed by atoms with Gasteiger partial charge in [-0.15, -0.1) is 0 Å². The predicted molar refractivity (Wildman–Crippen MR) is 82.1 cm³/mol. The van der Waals surface area contributed by atoms with Gasteiger partial charge in [-0.2, -0.15) is 0 Å². The van der Waals surface area contributed by atoms with Crippen molar-refractivity contribution in [3.05, 3.63) is 30.0 Å². The van der Waals surface area contributed by atoms with Crippen LogP contribution in [0.2, 0.25) is 0 Å². The van der Waals surface area contributed by atoms with Gasteiger partial charge in [-0.05, 0) is 26.0 Å². The first-order chi connectivity index (χ1) is 9.66. The van der Waals surface area contributed by atoms with Crippen LogP contribution in [0.1, 0.15) is 25.6 Å². The first kappa shape index (κ1) is 13.5. The molecule has 108 valence electrons. The van der Waals surface area contributed by atoms with Gasteiger partial charge in [0.2, 0.25) is 0 Å². The standard InChI is InChI=1S/C16H23N3O/c1-12(2)19-14(11-18-8-6-17-7-9-18)10-13-4-3-5-15(20)16(13)19/h3-5,10,12,17,20H,6-9,11H2,1-2H3. The van der Waals surface area contributed by atoms with E-state index in [1.165, 1.54) is 5.69 Å². The van der Waals surface area contributed by atoms with Crippen molar-refractivity contribution in [2.24, 2.45) is 0 Å². The number of phenolic OH excluding ortho intramolecular Hbond substituents is 1. The van der Waals surface area contributed by atoms with Gasteiger partial charge in [-0.1, -0.05) is 12.1 Å². The van der Waals surface area contributed by atoms with Crippen molar-refractivity contribution in [3.8, 4) is 5.75 Å². The summed E-state index contributed by atoms with van der Waals surface area (Å²) in [5, 5.41) is 14.7. The highest BCUT2D eigenvalue weighted by molar-refractivity contribution is 5.86. The summed E-state index contributed by atoms with van der Waals surface area (Å²) >= 11 is 0. The number of nitrogens with zero attached hydrogens (tertiary/aromatic N) is 2. The van der Waals surface area contributed by atoms with E-state index in [1.807, 2.05) is 6.07 Å². The quantitative estimate of drug-likeness (QED) is 0.902. The Morgan fingerprint density at radius 1 is 1.25 bits per heavy atom. The van der Waals surface area contributed by atoms with Crippen LogP contribution in [0.3, 0.4) is 0 Å². The van der Waals surface area contributed by atoms with Crippen LogP contribution in [0.25, 0.3) is 10.9 Å². The molecule has 1 aromatic carbocycles. The third-order valence-corrected chi connectivity index (χ3v) is 4.03. The molecule has 0 aliphatic carbocycles. The van der Waals surface area contributed by atoms with E-state index in [-0.39, 0.29) is 0 Å². The van der Waals surface area contributed by atoms with E-state index in [0.717, 1.165) is 43.6 Å². The van der Waals surface area contributed by atoms with Crippen molar-refractivity contribution in [3.63, 3.8) is 0 Å². The van der Waals surface area contributed by atoms with E-state index < -0.39 is 0 Å². The minimum atomic E-state index is 0.346. The zero-order valence-electron chi connectivity index (χ0n) is 12.3. The summed E-state index contributed by atoms with van der Waals surface area (Å²) in [6.45, 7) is 9.60. The number of aromatic nitrogens is 1. The Morgan fingerprint density at radius 2 is 2.00 bits per heavy atom. The lowest BCUT2D eigenvalue weighted by atomic mass is 10.2. The SMILES string of the molecule is CC(C)n1c(CN2CCNCC2)cc2cccc(O)c21. The fourth-order valence-electron chi connectivity index (χ4n) is 3.13. The molecule has 2 aromatic rings. The Bertz CT molecular complexity index is 597. The summed E-state index contributed by atoms with van der Waals surface area (Å²) in [6.07, 6.45) is 0. The van der Waals surface area contributed by atoms with Gasteiger partial charge in [-0.25, -0.2) is 0 Å². The molecule has 0 unspecified atom stereocenters. The third-order valence-electron chi connectivity index (χ3n) is 4.03. The van der Waals surface area contributed by atoms with Crippen LogP contribution in [0.4, 0.5) is 0 Å². The predicted octanol–water partition coefficient (Wildman–Crippen LogP) is 2.33. The number of hydrogen-bond donors (Lipinski definition) is 2. The molecule has 3 rings (SSSR count). The number of hydrogen-bond acceptors (Lipinski definition) is 3. The summed E-state index contributed by atoms with van der Waals surface area (Å²) in [4.78, 5) is 2.47. The summed E-state index contributed by atoms with van der Waals surface area (Å²) in [6, 6.07) is 8.33. The van der Waals surface area contributed by atoms with Gasteiger partial charge in [0.15, 0.2) is 0 Å². The summed E-state index contributed by atoms with van der Waals surface area (Å²) in [5.74, 6) is 0.378. The number of para-hydroxylation sites is 1. The lowest BCUT2D eigenvalue weighted by Gasteiger charge is -2.28. The fourth-order valence-corrected chi connectivity index (χ4v) is 3.13. The molecule has 4 nitrogen and oxygen atoms in total. The van der Waals surface area contributed by atoms with Crippen molar-refractivity contribution in [2.45, 2.75) is 26.4 Å². The third kappa shape index (κ3) is 2.41. The normalized spacial score (nSPS) is 17.1. The smallest absolute Gasteiger partial charge is 0.139 e. The van der Waals surface area contributed by atoms with Crippen LogP contribution >= 0.6 is 0 Å². The maximum Gasteiger partial charge on any atom is 0.139 e. The number of nitrogens with one attached hydrogen (secondary N) is 1. The molecular weight excluding hydrogens is 250 g/mol. The number of fused-ring (bicyclic) bond motifs is 1. The molecule has 2 N–H and O–H groups in total. The van der Waals surface area contributed by atoms with Gasteiger partial charge < -0.3 is 15.0 Å². The highest BCUT2D eigenvalue weighted by Crippen LogP contribution is 2.31. The lowest BCUT2D eigenvalue weighted by molar-refractivity contribution is 0.227. The van der Waals surface area contributed by atoms with E-state index >= 15 is 0 Å². The van der Waals surface area contributed by atoms with Gasteiger partial charge in [0, 0.05) is 49.8 Å². The van der Waals surface area contributed by atoms with E-state index in [0.29, 0.717) is 11.8 Å². The lowest BCUT2D eigenvalue weighted by Crippen LogP contribution is -2.43. The van der Waals surface area contributed by atoms with Gasteiger partial charge in [0.05, 0.1) is 5.52 Å². The van der Waals surface area contributed by atoms with Crippen LogP contribution < -0.4 is 5.32 Å². The Kier molecular flexibility index (Phi) is 3.68. The summed E-state index contributed by atoms with van der Waals surface area (Å²) in [5.41, 5.74) is 2.26. The second-order valence-corrected chi connectivity index (χ2v) is 5.84. The van der Waals surface area contributed by atoms with Crippen LogP contribution in [-0.4, -0.2) is 40.8 Å². The summed E-state index contributed by atoms with van der Waals surface area (Å²) in [7, 11) is 0. The molecule has 1 saturated heterocycles. The molecule has 1 aliphatic rings. The van der Waals surface area contributed by atoms with Crippen LogP contribution in [0.15, 0.2) is 24.3 Å². The first-order valence-corrected chi connectivity index (χ1v) is 7.41. The molecule has 0 amide bonds. The maximum atomic E-state index is 10.2.